The van der Waals surface area contributed by atoms with Crippen molar-refractivity contribution in [3.63, 3.8) is 0 Å². The van der Waals surface area contributed by atoms with Gasteiger partial charge in [-0.1, -0.05) is 29.8 Å². The summed E-state index contributed by atoms with van der Waals surface area (Å²) < 4.78 is 45.7. The minimum Gasteiger partial charge on any atom is -0.438 e. The highest BCUT2D eigenvalue weighted by atomic mass is 32.2. The summed E-state index contributed by atoms with van der Waals surface area (Å²) in [6.45, 7) is 6.94. The Morgan fingerprint density at radius 1 is 1.08 bits per heavy atom. The number of aromatic nitrogens is 2. The standard InChI is InChI=1S/C28H30N4O6S.2H2/c1-17-15-18(2)25(19(3)16-17)38-27-21(26(33)32-39(34,35)24-6-4-5-23(29)31-24)7-8-22(30-27)20-9-11-28(12-10-20)36-13-14-37-28;;/h4-9,15-16H,10-14H2,1-3H3,(H2,29,31)(H,32,33);2*1H. The van der Waals surface area contributed by atoms with Crippen molar-refractivity contribution in [3.8, 4) is 11.6 Å². The van der Waals surface area contributed by atoms with Gasteiger partial charge >= 0.3 is 0 Å². The summed E-state index contributed by atoms with van der Waals surface area (Å²) in [7, 11) is -4.30. The number of nitrogens with one attached hydrogen (secondary N) is 1. The summed E-state index contributed by atoms with van der Waals surface area (Å²) in [6.07, 6.45) is 3.96. The molecule has 2 aromatic heterocycles. The van der Waals surface area contributed by atoms with E-state index >= 15 is 0 Å². The normalized spacial score (nSPS) is 16.6. The van der Waals surface area contributed by atoms with Crippen LogP contribution in [0.5, 0.6) is 11.6 Å². The third kappa shape index (κ3) is 5.65. The molecule has 3 aromatic rings. The quantitative estimate of drug-likeness (QED) is 0.443. The molecule has 1 aliphatic carbocycles. The maximum atomic E-state index is 13.3. The molecule has 0 bridgehead atoms. The molecule has 3 heterocycles. The van der Waals surface area contributed by atoms with E-state index in [2.05, 4.69) is 14.7 Å². The summed E-state index contributed by atoms with van der Waals surface area (Å²) in [5, 5.41) is -0.370. The predicted octanol–water partition coefficient (Wildman–Crippen LogP) is 4.70. The van der Waals surface area contributed by atoms with Crippen molar-refractivity contribution in [2.45, 2.75) is 50.8 Å². The van der Waals surface area contributed by atoms with Crippen molar-refractivity contribution >= 4 is 27.3 Å². The molecule has 11 heteroatoms. The van der Waals surface area contributed by atoms with Crippen LogP contribution in [0.25, 0.3) is 5.57 Å². The minimum absolute atomic E-state index is 0. The van der Waals surface area contributed by atoms with Gasteiger partial charge in [-0.15, -0.1) is 0 Å². The molecule has 0 unspecified atom stereocenters. The van der Waals surface area contributed by atoms with Gasteiger partial charge in [0.2, 0.25) is 5.88 Å². The lowest BCUT2D eigenvalue weighted by molar-refractivity contribution is -0.159. The second-order valence-electron chi connectivity index (χ2n) is 9.76. The molecule has 1 saturated heterocycles. The first kappa shape index (κ1) is 26.8. The fourth-order valence-electron chi connectivity index (χ4n) is 4.90. The topological polar surface area (TPSA) is 143 Å². The number of aryl methyl sites for hydroxylation is 3. The number of nitrogen functional groups attached to an aromatic ring is 1. The molecule has 39 heavy (non-hydrogen) atoms. The molecule has 10 nitrogen and oxygen atoms in total. The number of ether oxygens (including phenoxy) is 3. The molecule has 1 amide bonds. The Morgan fingerprint density at radius 2 is 1.79 bits per heavy atom. The van der Waals surface area contributed by atoms with Gasteiger partial charge < -0.3 is 19.9 Å². The van der Waals surface area contributed by atoms with Crippen LogP contribution < -0.4 is 15.2 Å². The molecular formula is C28H34N4O6S. The largest absolute Gasteiger partial charge is 0.438 e. The number of pyridine rings is 2. The number of allylic oxidation sites excluding steroid dienone is 1. The highest BCUT2D eigenvalue weighted by Gasteiger charge is 2.38. The van der Waals surface area contributed by atoms with E-state index < -0.39 is 21.7 Å². The number of carbonyl (C=O) groups excluding carboxylic acids is 1. The zero-order chi connectivity index (χ0) is 27.8. The molecule has 1 fully saturated rings. The van der Waals surface area contributed by atoms with E-state index in [0.717, 1.165) is 22.3 Å². The van der Waals surface area contributed by atoms with E-state index in [0.29, 0.717) is 43.9 Å². The van der Waals surface area contributed by atoms with Crippen LogP contribution in [0.15, 0.2) is 53.6 Å². The Hall–Kier alpha value is -3.80. The SMILES string of the molecule is Cc1cc(C)c(Oc2nc(C3=CCC4(CC3)OCCO4)ccc2C(=O)NS(=O)(=O)c2cccc(N)n2)c(C)c1.[HH].[HH]. The van der Waals surface area contributed by atoms with E-state index in [1.165, 1.54) is 24.3 Å². The predicted molar refractivity (Wildman–Crippen MR) is 149 cm³/mol. The number of rotatable bonds is 6. The van der Waals surface area contributed by atoms with Crippen LogP contribution in [0, 0.1) is 20.8 Å². The van der Waals surface area contributed by atoms with Crippen molar-refractivity contribution in [1.29, 1.82) is 0 Å². The molecule has 1 aliphatic heterocycles. The second-order valence-corrected chi connectivity index (χ2v) is 11.4. The van der Waals surface area contributed by atoms with Gasteiger partial charge in [-0.3, -0.25) is 4.79 Å². The van der Waals surface area contributed by atoms with Crippen LogP contribution in [0.1, 0.15) is 54.9 Å². The summed E-state index contributed by atoms with van der Waals surface area (Å²) in [5.74, 6) is -0.932. The highest BCUT2D eigenvalue weighted by Crippen LogP contribution is 2.39. The summed E-state index contributed by atoms with van der Waals surface area (Å²) in [5.41, 5.74) is 9.96. The fourth-order valence-corrected chi connectivity index (χ4v) is 5.85. The Morgan fingerprint density at radius 3 is 2.44 bits per heavy atom. The van der Waals surface area contributed by atoms with Gasteiger partial charge in [-0.05, 0) is 68.2 Å². The van der Waals surface area contributed by atoms with Crippen LogP contribution in [0.2, 0.25) is 0 Å². The molecule has 1 aromatic carbocycles. The number of hydrogen-bond acceptors (Lipinski definition) is 9. The van der Waals surface area contributed by atoms with Crippen LogP contribution in [-0.2, 0) is 19.5 Å². The number of sulfonamides is 1. The van der Waals surface area contributed by atoms with Crippen molar-refractivity contribution in [3.05, 3.63) is 76.5 Å². The van der Waals surface area contributed by atoms with Gasteiger partial charge in [-0.2, -0.15) is 8.42 Å². The van der Waals surface area contributed by atoms with Crippen molar-refractivity contribution in [2.24, 2.45) is 0 Å². The molecule has 0 atom stereocenters. The summed E-state index contributed by atoms with van der Waals surface area (Å²) in [6, 6.07) is 11.3. The van der Waals surface area contributed by atoms with E-state index in [-0.39, 0.29) is 25.1 Å². The number of hydrogen-bond donors (Lipinski definition) is 2. The lowest BCUT2D eigenvalue weighted by Gasteiger charge is -2.30. The average molecular weight is 555 g/mol. The first-order chi connectivity index (χ1) is 18.6. The third-order valence-corrected chi connectivity index (χ3v) is 7.97. The number of amides is 1. The fraction of sp³-hybridized carbons (Fsp3) is 0.321. The van der Waals surface area contributed by atoms with Crippen LogP contribution in [0.3, 0.4) is 0 Å². The summed E-state index contributed by atoms with van der Waals surface area (Å²) >= 11 is 0. The van der Waals surface area contributed by atoms with E-state index in [1.807, 2.05) is 39.0 Å². The van der Waals surface area contributed by atoms with Gasteiger partial charge in [0.05, 0.1) is 18.9 Å². The van der Waals surface area contributed by atoms with Crippen molar-refractivity contribution < 1.29 is 30.3 Å². The minimum atomic E-state index is -4.30. The van der Waals surface area contributed by atoms with Gasteiger partial charge in [0, 0.05) is 15.7 Å². The summed E-state index contributed by atoms with van der Waals surface area (Å²) in [4.78, 5) is 21.8. The van der Waals surface area contributed by atoms with Crippen LogP contribution >= 0.6 is 0 Å². The number of nitrogens with two attached hydrogens (primary N) is 1. The molecule has 208 valence electrons. The molecule has 0 saturated carbocycles. The van der Waals surface area contributed by atoms with Gasteiger partial charge in [0.25, 0.3) is 15.9 Å². The molecule has 1 spiro atoms. The molecule has 2 aliphatic rings. The number of nitrogens with zero attached hydrogens (tertiary/aromatic N) is 2. The molecule has 3 N–H and O–H groups in total. The van der Waals surface area contributed by atoms with Crippen molar-refractivity contribution in [2.75, 3.05) is 18.9 Å². The Balaban J connectivity index is 0.00000231. The Kier molecular flexibility index (Phi) is 7.15. The Labute approximate surface area is 230 Å². The van der Waals surface area contributed by atoms with Crippen LogP contribution in [-0.4, -0.2) is 43.3 Å². The lowest BCUT2D eigenvalue weighted by Crippen LogP contribution is -2.32. The number of carbonyl (C=O) groups is 1. The first-order valence-corrected chi connectivity index (χ1v) is 14.1. The van der Waals surface area contributed by atoms with Gasteiger partial charge in [-0.25, -0.2) is 14.7 Å². The number of anilines is 1. The van der Waals surface area contributed by atoms with Gasteiger partial charge in [0.1, 0.15) is 17.1 Å². The monoisotopic (exact) mass is 554 g/mol. The zero-order valence-electron chi connectivity index (χ0n) is 22.0. The highest BCUT2D eigenvalue weighted by molar-refractivity contribution is 7.90. The third-order valence-electron chi connectivity index (χ3n) is 6.73. The van der Waals surface area contributed by atoms with E-state index in [1.54, 1.807) is 6.07 Å². The first-order valence-electron chi connectivity index (χ1n) is 12.6. The lowest BCUT2D eigenvalue weighted by atomic mass is 9.92. The van der Waals surface area contributed by atoms with E-state index in [9.17, 15) is 13.2 Å². The average Bonchev–Trinajstić information content (AvgIpc) is 3.34. The second kappa shape index (κ2) is 10.4. The molecule has 5 rings (SSSR count). The van der Waals surface area contributed by atoms with Gasteiger partial charge in [0.15, 0.2) is 10.8 Å². The smallest absolute Gasteiger partial charge is 0.281 e. The number of benzene rings is 1. The molecular weight excluding hydrogens is 520 g/mol. The molecule has 0 radical (unpaired) electrons. The maximum Gasteiger partial charge on any atom is 0.281 e. The van der Waals surface area contributed by atoms with Crippen LogP contribution in [0.4, 0.5) is 5.82 Å². The van der Waals surface area contributed by atoms with Crippen molar-refractivity contribution in [1.82, 2.24) is 14.7 Å². The maximum absolute atomic E-state index is 13.3. The van der Waals surface area contributed by atoms with E-state index in [4.69, 9.17) is 19.9 Å². The zero-order valence-corrected chi connectivity index (χ0v) is 22.8. The Bertz CT molecular complexity index is 1570.